The molecule has 2 aromatic rings. The fraction of sp³-hybridized carbons (Fsp3) is 0.278. The first-order valence-corrected chi connectivity index (χ1v) is 9.11. The number of ether oxygens (including phenoxy) is 1. The molecule has 0 unspecified atom stereocenters. The summed E-state index contributed by atoms with van der Waals surface area (Å²) in [5, 5.41) is 0. The van der Waals surface area contributed by atoms with Crippen molar-refractivity contribution in [3.8, 4) is 0 Å². The van der Waals surface area contributed by atoms with Gasteiger partial charge in [-0.15, -0.1) is 0 Å². The van der Waals surface area contributed by atoms with E-state index in [-0.39, 0.29) is 5.56 Å². The Bertz CT molecular complexity index is 876. The summed E-state index contributed by atoms with van der Waals surface area (Å²) >= 11 is 0. The Kier molecular flexibility index (Phi) is 5.47. The lowest BCUT2D eigenvalue weighted by molar-refractivity contribution is 0.0600. The smallest absolute Gasteiger partial charge is 0.337 e. The second kappa shape index (κ2) is 7.23. The first-order valence-electron chi connectivity index (χ1n) is 7.67. The van der Waals surface area contributed by atoms with Crippen LogP contribution in [0.2, 0.25) is 0 Å². The van der Waals surface area contributed by atoms with Crippen molar-refractivity contribution in [3.05, 3.63) is 59.4 Å². The summed E-state index contributed by atoms with van der Waals surface area (Å²) in [7, 11) is -3.04. The van der Waals surface area contributed by atoms with Gasteiger partial charge < -0.3 is 4.74 Å². The Balaban J connectivity index is 2.61. The first kappa shape index (κ1) is 18.9. The predicted octanol–water partition coefficient (Wildman–Crippen LogP) is 3.52. The lowest BCUT2D eigenvalue weighted by Crippen LogP contribution is -2.37. The maximum absolute atomic E-state index is 14.3. The zero-order chi connectivity index (χ0) is 18.8. The van der Waals surface area contributed by atoms with E-state index in [0.717, 1.165) is 22.0 Å². The van der Waals surface area contributed by atoms with Crippen LogP contribution in [0, 0.1) is 12.7 Å². The van der Waals surface area contributed by atoms with Crippen molar-refractivity contribution < 1.29 is 22.3 Å². The Hall–Kier alpha value is -2.41. The van der Waals surface area contributed by atoms with Crippen molar-refractivity contribution in [1.82, 2.24) is 0 Å². The molecular formula is C18H20FNO4S. The highest BCUT2D eigenvalue weighted by molar-refractivity contribution is 7.92. The topological polar surface area (TPSA) is 63.7 Å². The summed E-state index contributed by atoms with van der Waals surface area (Å²) in [5.41, 5.74) is 1.36. The van der Waals surface area contributed by atoms with E-state index in [1.807, 2.05) is 6.92 Å². The molecule has 0 N–H and O–H groups in total. The number of esters is 1. The minimum Gasteiger partial charge on any atom is -0.465 e. The minimum atomic E-state index is -4.21. The number of carbonyl (C=O) groups is 1. The summed E-state index contributed by atoms with van der Waals surface area (Å²) in [4.78, 5) is 11.1. The Morgan fingerprint density at radius 2 is 1.72 bits per heavy atom. The van der Waals surface area contributed by atoms with E-state index < -0.39 is 32.7 Å². The molecule has 0 aliphatic carbocycles. The van der Waals surface area contributed by atoms with Gasteiger partial charge in [0.25, 0.3) is 10.0 Å². The first-order chi connectivity index (χ1) is 11.7. The summed E-state index contributed by atoms with van der Waals surface area (Å²) in [6.07, 6.45) is 0. The average Bonchev–Trinajstić information content (AvgIpc) is 2.55. The van der Waals surface area contributed by atoms with Gasteiger partial charge in [-0.1, -0.05) is 17.7 Å². The van der Waals surface area contributed by atoms with Gasteiger partial charge in [-0.05, 0) is 51.1 Å². The molecule has 0 heterocycles. The quantitative estimate of drug-likeness (QED) is 0.761. The third-order valence-electron chi connectivity index (χ3n) is 3.65. The summed E-state index contributed by atoms with van der Waals surface area (Å²) in [6, 6.07) is 9.57. The Labute approximate surface area is 147 Å². The fourth-order valence-corrected chi connectivity index (χ4v) is 4.21. The van der Waals surface area contributed by atoms with Gasteiger partial charge in [0.1, 0.15) is 10.7 Å². The van der Waals surface area contributed by atoms with Crippen LogP contribution in [-0.2, 0) is 14.8 Å². The van der Waals surface area contributed by atoms with Gasteiger partial charge >= 0.3 is 5.97 Å². The molecule has 0 saturated heterocycles. The third kappa shape index (κ3) is 3.82. The molecule has 0 aliphatic heterocycles. The van der Waals surface area contributed by atoms with Crippen LogP contribution in [0.5, 0.6) is 0 Å². The van der Waals surface area contributed by atoms with Crippen molar-refractivity contribution in [2.24, 2.45) is 0 Å². The van der Waals surface area contributed by atoms with Crippen LogP contribution in [0.25, 0.3) is 0 Å². The number of aryl methyl sites for hydroxylation is 1. The van der Waals surface area contributed by atoms with E-state index in [9.17, 15) is 17.6 Å². The molecule has 0 saturated carbocycles. The van der Waals surface area contributed by atoms with Crippen LogP contribution in [0.4, 0.5) is 10.1 Å². The number of sulfonamides is 1. The zero-order valence-electron chi connectivity index (χ0n) is 14.5. The molecule has 0 fully saturated rings. The monoisotopic (exact) mass is 365 g/mol. The fourth-order valence-electron chi connectivity index (χ4n) is 2.46. The largest absolute Gasteiger partial charge is 0.465 e. The standard InChI is InChI=1S/C18H20FNO4S/c1-12(2)20(15-8-5-13(3)6-9-15)25(22,23)17-11-14(18(21)24-4)7-10-16(17)19/h5-12H,1-4H3. The normalized spacial score (nSPS) is 11.4. The number of hydrogen-bond donors (Lipinski definition) is 0. The van der Waals surface area contributed by atoms with E-state index in [1.165, 1.54) is 13.2 Å². The van der Waals surface area contributed by atoms with Gasteiger partial charge in [0, 0.05) is 6.04 Å². The van der Waals surface area contributed by atoms with Crippen molar-refractivity contribution in [2.75, 3.05) is 11.4 Å². The second-order valence-electron chi connectivity index (χ2n) is 5.87. The lowest BCUT2D eigenvalue weighted by Gasteiger charge is -2.28. The molecule has 2 aromatic carbocycles. The molecular weight excluding hydrogens is 345 g/mol. The molecule has 7 heteroatoms. The van der Waals surface area contributed by atoms with Gasteiger partial charge in [0.05, 0.1) is 18.4 Å². The van der Waals surface area contributed by atoms with Crippen LogP contribution in [0.1, 0.15) is 29.8 Å². The number of methoxy groups -OCH3 is 1. The third-order valence-corrected chi connectivity index (χ3v) is 5.67. The molecule has 0 radical (unpaired) electrons. The molecule has 0 amide bonds. The van der Waals surface area contributed by atoms with Gasteiger partial charge in [-0.25, -0.2) is 17.6 Å². The molecule has 134 valence electrons. The summed E-state index contributed by atoms with van der Waals surface area (Å²) < 4.78 is 46.1. The molecule has 0 spiro atoms. The molecule has 0 bridgehead atoms. The van der Waals surface area contributed by atoms with Gasteiger partial charge in [0.2, 0.25) is 0 Å². The maximum atomic E-state index is 14.3. The maximum Gasteiger partial charge on any atom is 0.337 e. The lowest BCUT2D eigenvalue weighted by atomic mass is 10.2. The number of carbonyl (C=O) groups excluding carboxylic acids is 1. The summed E-state index contributed by atoms with van der Waals surface area (Å²) in [6.45, 7) is 5.27. The van der Waals surface area contributed by atoms with Crippen molar-refractivity contribution >= 4 is 21.7 Å². The highest BCUT2D eigenvalue weighted by Crippen LogP contribution is 2.28. The van der Waals surface area contributed by atoms with E-state index in [2.05, 4.69) is 4.74 Å². The average molecular weight is 365 g/mol. The Morgan fingerprint density at radius 3 is 2.24 bits per heavy atom. The van der Waals surface area contributed by atoms with Crippen LogP contribution in [-0.4, -0.2) is 27.5 Å². The van der Waals surface area contributed by atoms with E-state index in [1.54, 1.807) is 38.1 Å². The van der Waals surface area contributed by atoms with Crippen molar-refractivity contribution in [1.29, 1.82) is 0 Å². The van der Waals surface area contributed by atoms with E-state index >= 15 is 0 Å². The highest BCUT2D eigenvalue weighted by Gasteiger charge is 2.31. The number of benzene rings is 2. The molecule has 2 rings (SSSR count). The minimum absolute atomic E-state index is 0.0323. The van der Waals surface area contributed by atoms with Gasteiger partial charge in [-0.2, -0.15) is 0 Å². The van der Waals surface area contributed by atoms with Crippen molar-refractivity contribution in [3.63, 3.8) is 0 Å². The molecule has 0 aliphatic rings. The van der Waals surface area contributed by atoms with Gasteiger partial charge in [-0.3, -0.25) is 4.31 Å². The number of anilines is 1. The van der Waals surface area contributed by atoms with E-state index in [4.69, 9.17) is 0 Å². The highest BCUT2D eigenvalue weighted by atomic mass is 32.2. The van der Waals surface area contributed by atoms with Crippen LogP contribution < -0.4 is 4.31 Å². The number of rotatable bonds is 5. The molecule has 0 aromatic heterocycles. The molecule has 5 nitrogen and oxygen atoms in total. The number of halogens is 1. The van der Waals surface area contributed by atoms with Crippen LogP contribution in [0.3, 0.4) is 0 Å². The van der Waals surface area contributed by atoms with Gasteiger partial charge in [0.15, 0.2) is 0 Å². The molecule has 0 atom stereocenters. The summed E-state index contributed by atoms with van der Waals surface area (Å²) in [5.74, 6) is -1.66. The number of hydrogen-bond acceptors (Lipinski definition) is 4. The predicted molar refractivity (Wildman–Crippen MR) is 93.7 cm³/mol. The number of nitrogens with zero attached hydrogens (tertiary/aromatic N) is 1. The van der Waals surface area contributed by atoms with E-state index in [0.29, 0.717) is 5.69 Å². The Morgan fingerprint density at radius 1 is 1.12 bits per heavy atom. The SMILES string of the molecule is COC(=O)c1ccc(F)c(S(=O)(=O)N(c2ccc(C)cc2)C(C)C)c1. The zero-order valence-corrected chi connectivity index (χ0v) is 15.3. The van der Waals surface area contributed by atoms with Crippen molar-refractivity contribution in [2.45, 2.75) is 31.7 Å². The van der Waals surface area contributed by atoms with Crippen LogP contribution in [0.15, 0.2) is 47.4 Å². The second-order valence-corrected chi connectivity index (χ2v) is 7.65. The van der Waals surface area contributed by atoms with Crippen LogP contribution >= 0.6 is 0 Å². The molecule has 25 heavy (non-hydrogen) atoms.